The van der Waals surface area contributed by atoms with Gasteiger partial charge in [-0.15, -0.1) is 0 Å². The lowest BCUT2D eigenvalue weighted by atomic mass is 10.0. The molecule has 1 rings (SSSR count). The first-order valence-electron chi connectivity index (χ1n) is 11.0. The van der Waals surface area contributed by atoms with Gasteiger partial charge >= 0.3 is 5.97 Å². The first kappa shape index (κ1) is 25.5. The van der Waals surface area contributed by atoms with E-state index in [0.717, 1.165) is 37.1 Å². The Labute approximate surface area is 183 Å². The van der Waals surface area contributed by atoms with Crippen LogP contribution in [0.5, 0.6) is 0 Å². The average Bonchev–Trinajstić information content (AvgIpc) is 2.68. The van der Waals surface area contributed by atoms with Gasteiger partial charge in [0.25, 0.3) is 0 Å². The SMILES string of the molecule is CCOC(=O)/C(C/C=C(\C)CC/C=C(\C)CCC=C(C)C)=C(/C)Nc1ccccc1. The lowest BCUT2D eigenvalue weighted by molar-refractivity contribution is -0.138. The lowest BCUT2D eigenvalue weighted by Gasteiger charge is -2.13. The summed E-state index contributed by atoms with van der Waals surface area (Å²) < 4.78 is 5.28. The maximum absolute atomic E-state index is 12.5. The molecule has 0 radical (unpaired) electrons. The van der Waals surface area contributed by atoms with Crippen LogP contribution in [-0.2, 0) is 9.53 Å². The molecular weight excluding hydrogens is 370 g/mol. The van der Waals surface area contributed by atoms with E-state index in [9.17, 15) is 4.79 Å². The van der Waals surface area contributed by atoms with Crippen molar-refractivity contribution in [2.24, 2.45) is 0 Å². The van der Waals surface area contributed by atoms with E-state index in [2.05, 4.69) is 51.2 Å². The largest absolute Gasteiger partial charge is 0.463 e. The van der Waals surface area contributed by atoms with Crippen molar-refractivity contribution in [1.29, 1.82) is 0 Å². The normalized spacial score (nSPS) is 12.9. The molecule has 0 unspecified atom stereocenters. The Morgan fingerprint density at radius 2 is 1.50 bits per heavy atom. The summed E-state index contributed by atoms with van der Waals surface area (Å²) in [4.78, 5) is 12.5. The zero-order valence-corrected chi connectivity index (χ0v) is 19.7. The van der Waals surface area contributed by atoms with Gasteiger partial charge in [-0.2, -0.15) is 0 Å². The first-order valence-corrected chi connectivity index (χ1v) is 11.0. The lowest BCUT2D eigenvalue weighted by Crippen LogP contribution is -2.12. The van der Waals surface area contributed by atoms with E-state index < -0.39 is 0 Å². The maximum Gasteiger partial charge on any atom is 0.336 e. The minimum atomic E-state index is -0.252. The second-order valence-electron chi connectivity index (χ2n) is 7.98. The van der Waals surface area contributed by atoms with E-state index in [0.29, 0.717) is 18.6 Å². The smallest absolute Gasteiger partial charge is 0.336 e. The molecule has 0 amide bonds. The summed E-state index contributed by atoms with van der Waals surface area (Å²) in [6.07, 6.45) is 11.6. The highest BCUT2D eigenvalue weighted by Gasteiger charge is 2.13. The number of nitrogens with one attached hydrogen (secondary N) is 1. The molecule has 0 bridgehead atoms. The zero-order valence-electron chi connectivity index (χ0n) is 19.7. The third-order valence-electron chi connectivity index (χ3n) is 4.86. The summed E-state index contributed by atoms with van der Waals surface area (Å²) in [5.74, 6) is -0.252. The Bertz CT molecular complexity index is 778. The second-order valence-corrected chi connectivity index (χ2v) is 7.98. The van der Waals surface area contributed by atoms with Crippen molar-refractivity contribution in [2.75, 3.05) is 11.9 Å². The highest BCUT2D eigenvalue weighted by atomic mass is 16.5. The molecule has 30 heavy (non-hydrogen) atoms. The number of para-hydroxylation sites is 1. The van der Waals surface area contributed by atoms with Crippen LogP contribution in [0.25, 0.3) is 0 Å². The topological polar surface area (TPSA) is 38.3 Å². The van der Waals surface area contributed by atoms with Crippen molar-refractivity contribution in [3.63, 3.8) is 0 Å². The molecule has 1 N–H and O–H groups in total. The Hall–Kier alpha value is -2.55. The third-order valence-corrected chi connectivity index (χ3v) is 4.86. The standard InChI is InChI=1S/C27H39NO2/c1-7-30-27(29)26(24(6)28-25-17-9-8-10-18-25)20-19-23(5)16-12-15-22(4)14-11-13-21(2)3/h8-10,13,15,17-19,28H,7,11-12,14,16,20H2,1-6H3/b22-15+,23-19+,26-24-. The van der Waals surface area contributed by atoms with Crippen LogP contribution >= 0.6 is 0 Å². The van der Waals surface area contributed by atoms with Gasteiger partial charge in [0.2, 0.25) is 0 Å². The van der Waals surface area contributed by atoms with Crippen molar-refractivity contribution in [3.05, 3.63) is 76.5 Å². The fraction of sp³-hybridized carbons (Fsp3) is 0.444. The van der Waals surface area contributed by atoms with E-state index in [4.69, 9.17) is 4.74 Å². The number of esters is 1. The molecule has 1 aromatic rings. The summed E-state index contributed by atoms with van der Waals surface area (Å²) in [5.41, 5.74) is 6.58. The van der Waals surface area contributed by atoms with Crippen LogP contribution in [0, 0.1) is 0 Å². The number of rotatable bonds is 12. The summed E-state index contributed by atoms with van der Waals surface area (Å²) >= 11 is 0. The number of allylic oxidation sites excluding steroid dienone is 7. The number of hydrogen-bond acceptors (Lipinski definition) is 3. The number of hydrogen-bond donors (Lipinski definition) is 1. The van der Waals surface area contributed by atoms with Crippen LogP contribution in [0.1, 0.15) is 73.6 Å². The molecule has 0 aromatic heterocycles. The highest BCUT2D eigenvalue weighted by molar-refractivity contribution is 5.90. The molecule has 0 fully saturated rings. The Morgan fingerprint density at radius 3 is 2.10 bits per heavy atom. The van der Waals surface area contributed by atoms with Crippen molar-refractivity contribution in [2.45, 2.75) is 73.6 Å². The van der Waals surface area contributed by atoms with Crippen molar-refractivity contribution in [1.82, 2.24) is 0 Å². The van der Waals surface area contributed by atoms with Gasteiger partial charge in [-0.05, 0) is 85.8 Å². The predicted molar refractivity (Wildman–Crippen MR) is 129 cm³/mol. The fourth-order valence-corrected chi connectivity index (χ4v) is 3.04. The number of anilines is 1. The van der Waals surface area contributed by atoms with Gasteiger partial charge in [-0.1, -0.05) is 53.1 Å². The quantitative estimate of drug-likeness (QED) is 0.218. The summed E-state index contributed by atoms with van der Waals surface area (Å²) in [6.45, 7) is 12.8. The van der Waals surface area contributed by atoms with Gasteiger partial charge in [0.1, 0.15) is 0 Å². The van der Waals surface area contributed by atoms with Gasteiger partial charge in [0.15, 0.2) is 0 Å². The van der Waals surface area contributed by atoms with Gasteiger partial charge in [0.05, 0.1) is 12.2 Å². The van der Waals surface area contributed by atoms with E-state index in [1.807, 2.05) is 44.2 Å². The minimum Gasteiger partial charge on any atom is -0.463 e. The van der Waals surface area contributed by atoms with Gasteiger partial charge in [-0.25, -0.2) is 4.79 Å². The summed E-state index contributed by atoms with van der Waals surface area (Å²) in [7, 11) is 0. The van der Waals surface area contributed by atoms with Crippen LogP contribution in [0.4, 0.5) is 5.69 Å². The molecular formula is C27H39NO2. The molecule has 0 aliphatic carbocycles. The van der Waals surface area contributed by atoms with Crippen LogP contribution in [-0.4, -0.2) is 12.6 Å². The van der Waals surface area contributed by atoms with Crippen LogP contribution in [0.3, 0.4) is 0 Å². The first-order chi connectivity index (χ1) is 14.3. The molecule has 0 saturated carbocycles. The minimum absolute atomic E-state index is 0.252. The molecule has 0 atom stereocenters. The number of ether oxygens (including phenoxy) is 1. The van der Waals surface area contributed by atoms with Gasteiger partial charge in [-0.3, -0.25) is 0 Å². The van der Waals surface area contributed by atoms with Crippen molar-refractivity contribution >= 4 is 11.7 Å². The third kappa shape index (κ3) is 10.8. The molecule has 3 heteroatoms. The Morgan fingerprint density at radius 1 is 0.900 bits per heavy atom. The van der Waals surface area contributed by atoms with E-state index in [1.165, 1.54) is 16.7 Å². The molecule has 0 aliphatic rings. The average molecular weight is 410 g/mol. The van der Waals surface area contributed by atoms with Crippen molar-refractivity contribution in [3.8, 4) is 0 Å². The fourth-order valence-electron chi connectivity index (χ4n) is 3.04. The van der Waals surface area contributed by atoms with Gasteiger partial charge in [0, 0.05) is 11.4 Å². The Kier molecular flexibility index (Phi) is 12.3. The summed E-state index contributed by atoms with van der Waals surface area (Å²) in [5, 5.41) is 3.33. The number of carbonyl (C=O) groups excluding carboxylic acids is 1. The highest BCUT2D eigenvalue weighted by Crippen LogP contribution is 2.18. The molecule has 0 heterocycles. The number of carbonyl (C=O) groups is 1. The molecule has 164 valence electrons. The maximum atomic E-state index is 12.5. The predicted octanol–water partition coefficient (Wildman–Crippen LogP) is 7.74. The van der Waals surface area contributed by atoms with Crippen LogP contribution in [0.2, 0.25) is 0 Å². The molecule has 1 aromatic carbocycles. The number of benzene rings is 1. The van der Waals surface area contributed by atoms with Crippen molar-refractivity contribution < 1.29 is 9.53 Å². The van der Waals surface area contributed by atoms with E-state index in [-0.39, 0.29) is 5.97 Å². The zero-order chi connectivity index (χ0) is 22.4. The van der Waals surface area contributed by atoms with Gasteiger partial charge < -0.3 is 10.1 Å². The van der Waals surface area contributed by atoms with Crippen LogP contribution < -0.4 is 5.32 Å². The molecule has 0 aliphatic heterocycles. The van der Waals surface area contributed by atoms with Crippen LogP contribution in [0.15, 0.2) is 76.5 Å². The molecule has 0 spiro atoms. The second kappa shape index (κ2) is 14.4. The monoisotopic (exact) mass is 409 g/mol. The summed E-state index contributed by atoms with van der Waals surface area (Å²) in [6, 6.07) is 9.89. The molecule has 3 nitrogen and oxygen atoms in total. The Balaban J connectivity index is 2.72. The van der Waals surface area contributed by atoms with E-state index >= 15 is 0 Å². The van der Waals surface area contributed by atoms with E-state index in [1.54, 1.807) is 0 Å². The molecule has 0 saturated heterocycles.